The van der Waals surface area contributed by atoms with Crippen LogP contribution in [0.3, 0.4) is 0 Å². The Morgan fingerprint density at radius 3 is 2.69 bits per heavy atom. The standard InChI is InChI=1S/C23H27FN4O/c1-16-6-7-20(24)19-15-21(26-22(16)19)23(29)25-18-5-3-4-17(14-18)8-9-28-12-10-27(2)11-13-28/h3-7,14-15,26H,8-13H2,1-2H3,(H,25,29). The van der Waals surface area contributed by atoms with Gasteiger partial charge in [0, 0.05) is 43.8 Å². The van der Waals surface area contributed by atoms with Crippen LogP contribution in [-0.4, -0.2) is 60.5 Å². The molecule has 1 aliphatic rings. The number of nitrogens with one attached hydrogen (secondary N) is 2. The van der Waals surface area contributed by atoms with E-state index in [4.69, 9.17) is 0 Å². The van der Waals surface area contributed by atoms with Gasteiger partial charge in [0.25, 0.3) is 5.91 Å². The molecule has 5 nitrogen and oxygen atoms in total. The van der Waals surface area contributed by atoms with Crippen LogP contribution in [0.25, 0.3) is 10.9 Å². The predicted octanol–water partition coefficient (Wildman–Crippen LogP) is 3.66. The summed E-state index contributed by atoms with van der Waals surface area (Å²) in [5, 5.41) is 3.37. The number of nitrogens with zero attached hydrogens (tertiary/aromatic N) is 2. The summed E-state index contributed by atoms with van der Waals surface area (Å²) in [4.78, 5) is 20.6. The van der Waals surface area contributed by atoms with E-state index < -0.39 is 0 Å². The normalized spacial score (nSPS) is 15.7. The van der Waals surface area contributed by atoms with Crippen molar-refractivity contribution in [1.29, 1.82) is 0 Å². The van der Waals surface area contributed by atoms with Crippen molar-refractivity contribution in [2.24, 2.45) is 0 Å². The first-order chi connectivity index (χ1) is 14.0. The quantitative estimate of drug-likeness (QED) is 0.694. The molecule has 0 spiro atoms. The minimum absolute atomic E-state index is 0.267. The third-order valence-electron chi connectivity index (χ3n) is 5.69. The maximum Gasteiger partial charge on any atom is 0.272 e. The highest BCUT2D eigenvalue weighted by Crippen LogP contribution is 2.23. The van der Waals surface area contributed by atoms with Gasteiger partial charge in [0.05, 0.1) is 5.52 Å². The zero-order valence-electron chi connectivity index (χ0n) is 17.0. The molecule has 1 aliphatic heterocycles. The lowest BCUT2D eigenvalue weighted by atomic mass is 10.1. The second kappa shape index (κ2) is 8.35. The highest BCUT2D eigenvalue weighted by Gasteiger charge is 2.15. The first kappa shape index (κ1) is 19.6. The second-order valence-corrected chi connectivity index (χ2v) is 7.89. The van der Waals surface area contributed by atoms with E-state index in [9.17, 15) is 9.18 Å². The van der Waals surface area contributed by atoms with Crippen molar-refractivity contribution >= 4 is 22.5 Å². The Hall–Kier alpha value is -2.70. The van der Waals surface area contributed by atoms with Gasteiger partial charge in [-0.15, -0.1) is 0 Å². The summed E-state index contributed by atoms with van der Waals surface area (Å²) in [6.07, 6.45) is 0.949. The minimum Gasteiger partial charge on any atom is -0.350 e. The number of anilines is 1. The molecule has 2 aromatic carbocycles. The van der Waals surface area contributed by atoms with Gasteiger partial charge in [0.2, 0.25) is 0 Å². The molecule has 0 radical (unpaired) electrons. The Morgan fingerprint density at radius 1 is 1.14 bits per heavy atom. The van der Waals surface area contributed by atoms with Crippen molar-refractivity contribution in [3.05, 3.63) is 65.1 Å². The number of aromatic nitrogens is 1. The van der Waals surface area contributed by atoms with Gasteiger partial charge in [-0.3, -0.25) is 4.79 Å². The van der Waals surface area contributed by atoms with Gasteiger partial charge in [-0.1, -0.05) is 18.2 Å². The summed E-state index contributed by atoms with van der Waals surface area (Å²) in [6, 6.07) is 12.7. The summed E-state index contributed by atoms with van der Waals surface area (Å²) in [5.74, 6) is -0.594. The smallest absolute Gasteiger partial charge is 0.272 e. The van der Waals surface area contributed by atoms with Gasteiger partial charge >= 0.3 is 0 Å². The molecule has 3 aromatic rings. The second-order valence-electron chi connectivity index (χ2n) is 7.89. The van der Waals surface area contributed by atoms with Gasteiger partial charge in [0.15, 0.2) is 0 Å². The monoisotopic (exact) mass is 394 g/mol. The average molecular weight is 394 g/mol. The van der Waals surface area contributed by atoms with Crippen LogP contribution in [0.15, 0.2) is 42.5 Å². The molecule has 0 saturated carbocycles. The van der Waals surface area contributed by atoms with E-state index in [1.165, 1.54) is 11.6 Å². The highest BCUT2D eigenvalue weighted by atomic mass is 19.1. The van der Waals surface area contributed by atoms with Crippen LogP contribution in [0.1, 0.15) is 21.6 Å². The third-order valence-corrected chi connectivity index (χ3v) is 5.69. The molecule has 1 saturated heterocycles. The third kappa shape index (κ3) is 4.49. The van der Waals surface area contributed by atoms with Crippen molar-refractivity contribution in [2.45, 2.75) is 13.3 Å². The van der Waals surface area contributed by atoms with Crippen LogP contribution in [0.5, 0.6) is 0 Å². The molecule has 0 unspecified atom stereocenters. The lowest BCUT2D eigenvalue weighted by molar-refractivity contribution is 0.102. The minimum atomic E-state index is -0.327. The van der Waals surface area contributed by atoms with Crippen LogP contribution < -0.4 is 5.32 Å². The van der Waals surface area contributed by atoms with Crippen molar-refractivity contribution < 1.29 is 9.18 Å². The molecule has 1 amide bonds. The number of aryl methyl sites for hydroxylation is 1. The lowest BCUT2D eigenvalue weighted by Crippen LogP contribution is -2.45. The molecule has 0 aliphatic carbocycles. The van der Waals surface area contributed by atoms with Crippen molar-refractivity contribution in [1.82, 2.24) is 14.8 Å². The first-order valence-electron chi connectivity index (χ1n) is 10.1. The molecule has 0 bridgehead atoms. The zero-order chi connectivity index (χ0) is 20.4. The first-order valence-corrected chi connectivity index (χ1v) is 10.1. The zero-order valence-corrected chi connectivity index (χ0v) is 17.0. The molecule has 29 heavy (non-hydrogen) atoms. The number of fused-ring (bicyclic) bond motifs is 1. The number of halogens is 1. The number of hydrogen-bond donors (Lipinski definition) is 2. The molecule has 2 N–H and O–H groups in total. The molecule has 4 rings (SSSR count). The fourth-order valence-electron chi connectivity index (χ4n) is 3.81. The number of carbonyl (C=O) groups excluding carboxylic acids is 1. The maximum atomic E-state index is 14.0. The number of carbonyl (C=O) groups is 1. The number of amides is 1. The van der Waals surface area contributed by atoms with Crippen molar-refractivity contribution in [2.75, 3.05) is 45.1 Å². The van der Waals surface area contributed by atoms with E-state index in [2.05, 4.69) is 33.2 Å². The van der Waals surface area contributed by atoms with Crippen molar-refractivity contribution in [3.63, 3.8) is 0 Å². The predicted molar refractivity (Wildman–Crippen MR) is 115 cm³/mol. The maximum absolute atomic E-state index is 14.0. The molecule has 6 heteroatoms. The van der Waals surface area contributed by atoms with Crippen molar-refractivity contribution in [3.8, 4) is 0 Å². The van der Waals surface area contributed by atoms with Gasteiger partial charge in [-0.2, -0.15) is 0 Å². The summed E-state index contributed by atoms with van der Waals surface area (Å²) in [5.41, 5.74) is 3.88. The molecule has 2 heterocycles. The summed E-state index contributed by atoms with van der Waals surface area (Å²) in [7, 11) is 2.16. The number of likely N-dealkylation sites (N-methyl/N-ethyl adjacent to an activating group) is 1. The Labute approximate surface area is 170 Å². The molecular formula is C23H27FN4O. The van der Waals surface area contributed by atoms with E-state index in [0.717, 1.165) is 50.4 Å². The summed E-state index contributed by atoms with van der Waals surface area (Å²) < 4.78 is 14.0. The van der Waals surface area contributed by atoms with Crippen LogP contribution in [0.4, 0.5) is 10.1 Å². The van der Waals surface area contributed by atoms with Crippen LogP contribution in [0, 0.1) is 12.7 Å². The summed E-state index contributed by atoms with van der Waals surface area (Å²) >= 11 is 0. The number of hydrogen-bond acceptors (Lipinski definition) is 3. The average Bonchev–Trinajstić information content (AvgIpc) is 3.18. The number of aromatic amines is 1. The molecule has 152 valence electrons. The molecule has 1 aromatic heterocycles. The van der Waals surface area contributed by atoms with Gasteiger partial charge in [0.1, 0.15) is 11.5 Å². The SMILES string of the molecule is Cc1ccc(F)c2cc(C(=O)Nc3cccc(CCN4CCN(C)CC4)c3)[nH]c12. The van der Waals surface area contributed by atoms with Crippen LogP contribution in [0.2, 0.25) is 0 Å². The van der Waals surface area contributed by atoms with Crippen LogP contribution >= 0.6 is 0 Å². The Morgan fingerprint density at radius 2 is 1.93 bits per heavy atom. The van der Waals surface area contributed by atoms with Crippen LogP contribution in [-0.2, 0) is 6.42 Å². The molecule has 0 atom stereocenters. The van der Waals surface area contributed by atoms with Gasteiger partial charge < -0.3 is 20.1 Å². The fourth-order valence-corrected chi connectivity index (χ4v) is 3.81. The lowest BCUT2D eigenvalue weighted by Gasteiger charge is -2.32. The highest BCUT2D eigenvalue weighted by molar-refractivity contribution is 6.06. The number of rotatable bonds is 5. The number of H-pyrrole nitrogens is 1. The largest absolute Gasteiger partial charge is 0.350 e. The molecular weight excluding hydrogens is 367 g/mol. The summed E-state index contributed by atoms with van der Waals surface area (Å²) in [6.45, 7) is 7.34. The van der Waals surface area contributed by atoms with E-state index in [1.54, 1.807) is 12.1 Å². The van der Waals surface area contributed by atoms with E-state index in [-0.39, 0.29) is 11.7 Å². The Bertz CT molecular complexity index is 982. The van der Waals surface area contributed by atoms with E-state index in [1.807, 2.05) is 25.1 Å². The molecule has 1 fully saturated rings. The number of piperazine rings is 1. The topological polar surface area (TPSA) is 51.4 Å². The van der Waals surface area contributed by atoms with Gasteiger partial charge in [-0.25, -0.2) is 4.39 Å². The fraction of sp³-hybridized carbons (Fsp3) is 0.348. The van der Waals surface area contributed by atoms with Gasteiger partial charge in [-0.05, 0) is 55.8 Å². The Balaban J connectivity index is 1.42. The van der Waals surface area contributed by atoms with E-state index >= 15 is 0 Å². The van der Waals surface area contributed by atoms with E-state index in [0.29, 0.717) is 16.6 Å². The number of benzene rings is 2. The Kier molecular flexibility index (Phi) is 5.65.